The van der Waals surface area contributed by atoms with Gasteiger partial charge in [-0.15, -0.1) is 0 Å². The van der Waals surface area contributed by atoms with Gasteiger partial charge in [0.2, 0.25) is 5.95 Å². The Bertz CT molecular complexity index is 886. The van der Waals surface area contributed by atoms with Crippen molar-refractivity contribution in [3.63, 3.8) is 0 Å². The monoisotopic (exact) mass is 318 g/mol. The minimum absolute atomic E-state index is 0.105. The van der Waals surface area contributed by atoms with Crippen LogP contribution in [0.15, 0.2) is 71.8 Å². The van der Waals surface area contributed by atoms with Crippen LogP contribution in [-0.2, 0) is 7.05 Å². The van der Waals surface area contributed by atoms with Crippen LogP contribution in [0.25, 0.3) is 17.3 Å². The van der Waals surface area contributed by atoms with E-state index in [4.69, 9.17) is 0 Å². The summed E-state index contributed by atoms with van der Waals surface area (Å²) in [5, 5.41) is 3.18. The summed E-state index contributed by atoms with van der Waals surface area (Å²) >= 11 is 0. The van der Waals surface area contributed by atoms with E-state index in [0.717, 1.165) is 11.1 Å². The molecule has 0 atom stereocenters. The molecule has 2 aromatic heterocycles. The average molecular weight is 318 g/mol. The van der Waals surface area contributed by atoms with Crippen LogP contribution in [0.5, 0.6) is 0 Å². The highest BCUT2D eigenvalue weighted by atomic mass is 16.1. The molecule has 3 rings (SSSR count). The topological polar surface area (TPSA) is 59.8 Å². The maximum atomic E-state index is 12.1. The summed E-state index contributed by atoms with van der Waals surface area (Å²) in [4.78, 5) is 20.7. The van der Waals surface area contributed by atoms with Gasteiger partial charge in [-0.25, -0.2) is 4.98 Å². The van der Waals surface area contributed by atoms with Gasteiger partial charge >= 0.3 is 0 Å². The minimum Gasteiger partial charge on any atom is -0.352 e. The van der Waals surface area contributed by atoms with Crippen LogP contribution in [0.3, 0.4) is 0 Å². The Kier molecular flexibility index (Phi) is 4.81. The van der Waals surface area contributed by atoms with Gasteiger partial charge in [0.1, 0.15) is 0 Å². The molecule has 0 aliphatic heterocycles. The Morgan fingerprint density at radius 1 is 1.12 bits per heavy atom. The van der Waals surface area contributed by atoms with E-state index in [1.807, 2.05) is 54.6 Å². The van der Waals surface area contributed by atoms with E-state index in [2.05, 4.69) is 15.3 Å². The second kappa shape index (κ2) is 7.37. The maximum Gasteiger partial charge on any atom is 0.255 e. The molecule has 1 N–H and O–H groups in total. The summed E-state index contributed by atoms with van der Waals surface area (Å²) < 4.78 is 1.50. The highest BCUT2D eigenvalue weighted by molar-refractivity contribution is 5.59. The molecule has 5 heteroatoms. The lowest BCUT2D eigenvalue weighted by Crippen LogP contribution is -2.22. The van der Waals surface area contributed by atoms with Gasteiger partial charge in [-0.2, -0.15) is 0 Å². The molecule has 24 heavy (non-hydrogen) atoms. The molecule has 0 amide bonds. The van der Waals surface area contributed by atoms with E-state index in [0.29, 0.717) is 18.2 Å². The lowest BCUT2D eigenvalue weighted by atomic mass is 10.2. The summed E-state index contributed by atoms with van der Waals surface area (Å²) in [5.74, 6) is 0.534. The van der Waals surface area contributed by atoms with E-state index in [1.165, 1.54) is 10.6 Å². The molecule has 0 saturated carbocycles. The van der Waals surface area contributed by atoms with Crippen molar-refractivity contribution in [2.45, 2.75) is 0 Å². The van der Waals surface area contributed by atoms with Crippen molar-refractivity contribution in [1.29, 1.82) is 0 Å². The molecule has 0 saturated heterocycles. The number of pyridine rings is 1. The van der Waals surface area contributed by atoms with Crippen molar-refractivity contribution in [2.24, 2.45) is 7.05 Å². The number of nitrogens with zero attached hydrogens (tertiary/aromatic N) is 3. The van der Waals surface area contributed by atoms with Gasteiger partial charge in [-0.05, 0) is 17.7 Å². The van der Waals surface area contributed by atoms with Gasteiger partial charge in [-0.3, -0.25) is 14.3 Å². The zero-order valence-corrected chi connectivity index (χ0v) is 13.4. The fourth-order valence-corrected chi connectivity index (χ4v) is 2.28. The third-order valence-corrected chi connectivity index (χ3v) is 3.60. The second-order valence-electron chi connectivity index (χ2n) is 5.29. The molecule has 120 valence electrons. The molecule has 2 heterocycles. The summed E-state index contributed by atoms with van der Waals surface area (Å²) in [5.41, 5.74) is 2.53. The first kappa shape index (κ1) is 15.7. The summed E-state index contributed by atoms with van der Waals surface area (Å²) in [7, 11) is 1.70. The highest BCUT2D eigenvalue weighted by Gasteiger charge is 2.06. The standard InChI is InChI=1S/C19H18N4O/c1-23-18(24)14-17(16-9-12-20-13-10-16)22-19(23)21-11-5-8-15-6-3-2-4-7-15/h2-10,12-14H,11H2,1H3,(H,21,22). The van der Waals surface area contributed by atoms with Gasteiger partial charge in [0.15, 0.2) is 0 Å². The molecule has 0 fully saturated rings. The Labute approximate surface area is 140 Å². The minimum atomic E-state index is -0.105. The summed E-state index contributed by atoms with van der Waals surface area (Å²) in [6.07, 6.45) is 7.40. The first-order valence-corrected chi connectivity index (χ1v) is 7.68. The number of rotatable bonds is 5. The van der Waals surface area contributed by atoms with E-state index in [-0.39, 0.29) is 5.56 Å². The van der Waals surface area contributed by atoms with Crippen LogP contribution in [0.4, 0.5) is 5.95 Å². The van der Waals surface area contributed by atoms with Crippen molar-refractivity contribution in [3.8, 4) is 11.3 Å². The summed E-state index contributed by atoms with van der Waals surface area (Å²) in [6, 6.07) is 15.2. The first-order chi connectivity index (χ1) is 11.7. The number of benzene rings is 1. The molecular formula is C19H18N4O. The average Bonchev–Trinajstić information content (AvgIpc) is 2.63. The van der Waals surface area contributed by atoms with Gasteiger partial charge < -0.3 is 5.32 Å². The van der Waals surface area contributed by atoms with E-state index in [1.54, 1.807) is 19.4 Å². The maximum absolute atomic E-state index is 12.1. The van der Waals surface area contributed by atoms with E-state index < -0.39 is 0 Å². The van der Waals surface area contributed by atoms with Gasteiger partial charge in [0, 0.05) is 37.6 Å². The van der Waals surface area contributed by atoms with E-state index in [9.17, 15) is 4.79 Å². The predicted octanol–water partition coefficient (Wildman–Crippen LogP) is 2.97. The Hall–Kier alpha value is -3.21. The lowest BCUT2D eigenvalue weighted by molar-refractivity contribution is 0.832. The number of nitrogens with one attached hydrogen (secondary N) is 1. The Balaban J connectivity index is 1.77. The van der Waals surface area contributed by atoms with Crippen LogP contribution in [0.2, 0.25) is 0 Å². The number of anilines is 1. The normalized spacial score (nSPS) is 10.9. The molecule has 0 radical (unpaired) electrons. The fraction of sp³-hybridized carbons (Fsp3) is 0.105. The smallest absolute Gasteiger partial charge is 0.255 e. The van der Waals surface area contributed by atoms with Crippen LogP contribution in [0, 0.1) is 0 Å². The molecule has 3 aromatic rings. The van der Waals surface area contributed by atoms with Crippen molar-refractivity contribution in [2.75, 3.05) is 11.9 Å². The molecule has 0 unspecified atom stereocenters. The van der Waals surface area contributed by atoms with Crippen LogP contribution < -0.4 is 10.9 Å². The lowest BCUT2D eigenvalue weighted by Gasteiger charge is -2.10. The second-order valence-corrected chi connectivity index (χ2v) is 5.29. The SMILES string of the molecule is Cn1c(NCC=Cc2ccccc2)nc(-c2ccncc2)cc1=O. The highest BCUT2D eigenvalue weighted by Crippen LogP contribution is 2.15. The third kappa shape index (κ3) is 3.76. The summed E-state index contributed by atoms with van der Waals surface area (Å²) in [6.45, 7) is 0.578. The molecule has 0 aliphatic rings. The predicted molar refractivity (Wildman–Crippen MR) is 96.7 cm³/mol. The largest absolute Gasteiger partial charge is 0.352 e. The molecule has 0 spiro atoms. The Morgan fingerprint density at radius 3 is 2.62 bits per heavy atom. The molecule has 1 aromatic carbocycles. The first-order valence-electron chi connectivity index (χ1n) is 7.68. The molecule has 0 bridgehead atoms. The molecular weight excluding hydrogens is 300 g/mol. The molecule has 5 nitrogen and oxygen atoms in total. The third-order valence-electron chi connectivity index (χ3n) is 3.60. The molecule has 0 aliphatic carbocycles. The van der Waals surface area contributed by atoms with Crippen molar-refractivity contribution in [1.82, 2.24) is 14.5 Å². The fourth-order valence-electron chi connectivity index (χ4n) is 2.28. The Morgan fingerprint density at radius 2 is 1.88 bits per heavy atom. The quantitative estimate of drug-likeness (QED) is 0.786. The van der Waals surface area contributed by atoms with Gasteiger partial charge in [0.05, 0.1) is 5.69 Å². The van der Waals surface area contributed by atoms with Crippen LogP contribution in [-0.4, -0.2) is 21.1 Å². The number of hydrogen-bond donors (Lipinski definition) is 1. The van der Waals surface area contributed by atoms with E-state index >= 15 is 0 Å². The van der Waals surface area contributed by atoms with Crippen LogP contribution in [0.1, 0.15) is 5.56 Å². The zero-order chi connectivity index (χ0) is 16.8. The number of hydrogen-bond acceptors (Lipinski definition) is 4. The van der Waals surface area contributed by atoms with Gasteiger partial charge in [0.25, 0.3) is 5.56 Å². The van der Waals surface area contributed by atoms with Crippen LogP contribution >= 0.6 is 0 Å². The van der Waals surface area contributed by atoms with Crippen molar-refractivity contribution >= 4 is 12.0 Å². The number of aromatic nitrogens is 3. The zero-order valence-electron chi connectivity index (χ0n) is 13.4. The van der Waals surface area contributed by atoms with Crippen molar-refractivity contribution < 1.29 is 0 Å². The van der Waals surface area contributed by atoms with Gasteiger partial charge in [-0.1, -0.05) is 42.5 Å². The van der Waals surface area contributed by atoms with Crippen molar-refractivity contribution in [3.05, 3.63) is 82.9 Å².